The van der Waals surface area contributed by atoms with Crippen molar-refractivity contribution in [3.63, 3.8) is 0 Å². The lowest BCUT2D eigenvalue weighted by molar-refractivity contribution is -0.143. The number of benzene rings is 2. The van der Waals surface area contributed by atoms with Gasteiger partial charge in [0.25, 0.3) is 5.95 Å². The van der Waals surface area contributed by atoms with Gasteiger partial charge in [0.2, 0.25) is 0 Å². The fraction of sp³-hybridized carbons (Fsp3) is 0.481. The lowest BCUT2D eigenvalue weighted by Gasteiger charge is -2.33. The van der Waals surface area contributed by atoms with Crippen molar-refractivity contribution in [2.45, 2.75) is 78.0 Å². The summed E-state index contributed by atoms with van der Waals surface area (Å²) in [5.74, 6) is -0.0177. The highest BCUT2D eigenvalue weighted by molar-refractivity contribution is 5.89. The molecule has 1 N–H and O–H groups in total. The Morgan fingerprint density at radius 3 is 2.15 bits per heavy atom. The average molecular weight is 585 g/mol. The number of hydrogen-bond donors (Lipinski definition) is 1. The Hall–Kier alpha value is -3.84. The molecule has 0 radical (unpaired) electrons. The molecule has 0 fully saturated rings. The Morgan fingerprint density at radius 1 is 1.00 bits per heavy atom. The van der Waals surface area contributed by atoms with Crippen molar-refractivity contribution >= 4 is 17.7 Å². The quantitative estimate of drug-likeness (QED) is 0.328. The average Bonchev–Trinajstić information content (AvgIpc) is 3.31. The Balaban J connectivity index is 1.85. The molecule has 4 rings (SSSR count). The smallest absolute Gasteiger partial charge is 0.416 e. The molecule has 0 saturated heterocycles. The number of aromatic amines is 1. The molecule has 0 aliphatic carbocycles. The van der Waals surface area contributed by atoms with Crippen molar-refractivity contribution in [1.29, 1.82) is 0 Å². The number of aromatic nitrogens is 4. The number of halogens is 6. The van der Waals surface area contributed by atoms with Crippen molar-refractivity contribution in [3.05, 3.63) is 63.7 Å². The minimum absolute atomic E-state index is 0.0177. The lowest BCUT2D eigenvalue weighted by atomic mass is 9.95. The van der Waals surface area contributed by atoms with Gasteiger partial charge in [-0.15, -0.1) is 5.10 Å². The minimum atomic E-state index is -5.00. The Labute approximate surface area is 232 Å². The van der Waals surface area contributed by atoms with Crippen molar-refractivity contribution in [1.82, 2.24) is 20.6 Å². The molecule has 41 heavy (non-hydrogen) atoms. The number of nitrogens with one attached hydrogen (secondary N) is 1. The second-order valence-corrected chi connectivity index (χ2v) is 11.0. The monoisotopic (exact) mass is 584 g/mol. The van der Waals surface area contributed by atoms with Crippen molar-refractivity contribution in [2.75, 3.05) is 16.3 Å². The fourth-order valence-corrected chi connectivity index (χ4v) is 4.78. The number of fused-ring (bicyclic) bond motifs is 1. The van der Waals surface area contributed by atoms with E-state index in [2.05, 4.69) is 20.6 Å². The molecule has 1 aliphatic rings. The van der Waals surface area contributed by atoms with E-state index in [-0.39, 0.29) is 24.1 Å². The number of ether oxygens (including phenoxy) is 1. The molecule has 0 spiro atoms. The summed E-state index contributed by atoms with van der Waals surface area (Å²) in [6, 6.07) is 4.53. The van der Waals surface area contributed by atoms with Crippen LogP contribution in [-0.4, -0.2) is 38.9 Å². The van der Waals surface area contributed by atoms with E-state index in [4.69, 9.17) is 4.74 Å². The molecule has 1 atom stereocenters. The Morgan fingerprint density at radius 2 is 1.61 bits per heavy atom. The van der Waals surface area contributed by atoms with Gasteiger partial charge in [-0.1, -0.05) is 11.2 Å². The van der Waals surface area contributed by atoms with Gasteiger partial charge in [-0.25, -0.2) is 4.79 Å². The number of tetrazole rings is 1. The van der Waals surface area contributed by atoms with Crippen molar-refractivity contribution < 1.29 is 35.9 Å². The summed E-state index contributed by atoms with van der Waals surface area (Å²) in [5.41, 5.74) is -0.918. The highest BCUT2D eigenvalue weighted by Gasteiger charge is 2.38. The third kappa shape index (κ3) is 6.91. The van der Waals surface area contributed by atoms with E-state index in [1.807, 2.05) is 26.0 Å². The molecular formula is C27H30F6N6O2. The van der Waals surface area contributed by atoms with Crippen LogP contribution in [0, 0.1) is 13.8 Å². The van der Waals surface area contributed by atoms with E-state index in [1.165, 1.54) is 9.80 Å². The van der Waals surface area contributed by atoms with Crippen LogP contribution < -0.4 is 9.80 Å². The molecule has 0 unspecified atom stereocenters. The standard InChI is InChI=1S/C27H30F6N6O2/c1-15-9-20-21(7-6-8-38(22(20)10-16(15)2)24(40)41-25(3,4)5)39(23-34-36-37-35-23)14-17-11-18(26(28,29)30)13-19(12-17)27(31,32)33/h9-13,21H,6-8,14H2,1-5H3,(H,34,35,36,37)/t21-/m0/s1. The molecule has 8 nitrogen and oxygen atoms in total. The van der Waals surface area contributed by atoms with Crippen LogP contribution in [0.4, 0.5) is 42.8 Å². The highest BCUT2D eigenvalue weighted by atomic mass is 19.4. The van der Waals surface area contributed by atoms with Crippen LogP contribution >= 0.6 is 0 Å². The second kappa shape index (κ2) is 10.9. The summed E-state index contributed by atoms with van der Waals surface area (Å²) in [4.78, 5) is 16.2. The predicted molar refractivity (Wildman–Crippen MR) is 138 cm³/mol. The molecule has 2 heterocycles. The number of carbonyl (C=O) groups is 1. The Bertz CT molecular complexity index is 1370. The molecule has 1 aromatic heterocycles. The summed E-state index contributed by atoms with van der Waals surface area (Å²) in [6.07, 6.45) is -9.73. The molecular weight excluding hydrogens is 554 g/mol. The summed E-state index contributed by atoms with van der Waals surface area (Å²) < 4.78 is 87.2. The first-order valence-electron chi connectivity index (χ1n) is 12.8. The molecule has 0 bridgehead atoms. The van der Waals surface area contributed by atoms with Gasteiger partial charge in [-0.2, -0.15) is 31.6 Å². The number of rotatable bonds is 4. The largest absolute Gasteiger partial charge is 0.443 e. The maximum atomic E-state index is 13.6. The number of anilines is 2. The summed E-state index contributed by atoms with van der Waals surface area (Å²) in [5, 5.41) is 13.9. The number of alkyl halides is 6. The second-order valence-electron chi connectivity index (χ2n) is 11.0. The number of amides is 1. The predicted octanol–water partition coefficient (Wildman–Crippen LogP) is 7.14. The van der Waals surface area contributed by atoms with Crippen LogP contribution in [-0.2, 0) is 23.6 Å². The van der Waals surface area contributed by atoms with Gasteiger partial charge in [-0.05, 0) is 99.2 Å². The van der Waals surface area contributed by atoms with Gasteiger partial charge in [0, 0.05) is 13.1 Å². The molecule has 14 heteroatoms. The summed E-state index contributed by atoms with van der Waals surface area (Å²) in [7, 11) is 0. The minimum Gasteiger partial charge on any atom is -0.443 e. The van der Waals surface area contributed by atoms with Gasteiger partial charge < -0.3 is 9.64 Å². The maximum Gasteiger partial charge on any atom is 0.416 e. The molecule has 3 aromatic rings. The summed E-state index contributed by atoms with van der Waals surface area (Å²) in [6.45, 7) is 8.87. The van der Waals surface area contributed by atoms with E-state index >= 15 is 0 Å². The third-order valence-corrected chi connectivity index (χ3v) is 6.73. The van der Waals surface area contributed by atoms with E-state index in [0.29, 0.717) is 36.2 Å². The number of H-pyrrole nitrogens is 1. The van der Waals surface area contributed by atoms with Gasteiger partial charge in [0.15, 0.2) is 0 Å². The van der Waals surface area contributed by atoms with Crippen LogP contribution in [0.3, 0.4) is 0 Å². The van der Waals surface area contributed by atoms with Crippen LogP contribution in [0.15, 0.2) is 30.3 Å². The molecule has 0 saturated carbocycles. The van der Waals surface area contributed by atoms with Crippen LogP contribution in [0.2, 0.25) is 0 Å². The van der Waals surface area contributed by atoms with E-state index in [1.54, 1.807) is 20.8 Å². The first kappa shape index (κ1) is 30.1. The normalized spacial score (nSPS) is 16.3. The molecule has 2 aromatic carbocycles. The first-order chi connectivity index (χ1) is 18.9. The van der Waals surface area contributed by atoms with Crippen LogP contribution in [0.5, 0.6) is 0 Å². The zero-order valence-corrected chi connectivity index (χ0v) is 23.1. The first-order valence-corrected chi connectivity index (χ1v) is 12.8. The topological polar surface area (TPSA) is 87.2 Å². The molecule has 222 valence electrons. The van der Waals surface area contributed by atoms with E-state index < -0.39 is 47.8 Å². The lowest BCUT2D eigenvalue weighted by Crippen LogP contribution is -2.37. The van der Waals surface area contributed by atoms with E-state index in [9.17, 15) is 31.1 Å². The number of carbonyl (C=O) groups excluding carboxylic acids is 1. The summed E-state index contributed by atoms with van der Waals surface area (Å²) >= 11 is 0. The number of aryl methyl sites for hydroxylation is 2. The van der Waals surface area contributed by atoms with Gasteiger partial charge in [0.05, 0.1) is 22.9 Å². The van der Waals surface area contributed by atoms with Crippen LogP contribution in [0.1, 0.15) is 73.0 Å². The highest BCUT2D eigenvalue weighted by Crippen LogP contribution is 2.42. The number of nitrogens with zero attached hydrogens (tertiary/aromatic N) is 5. The molecule has 1 aliphatic heterocycles. The third-order valence-electron chi connectivity index (χ3n) is 6.73. The van der Waals surface area contributed by atoms with E-state index in [0.717, 1.165) is 11.1 Å². The van der Waals surface area contributed by atoms with Crippen molar-refractivity contribution in [3.8, 4) is 0 Å². The zero-order chi connectivity index (χ0) is 30.3. The Kier molecular flexibility index (Phi) is 7.98. The maximum absolute atomic E-state index is 13.6. The van der Waals surface area contributed by atoms with Gasteiger partial charge in [-0.3, -0.25) is 4.90 Å². The van der Waals surface area contributed by atoms with Gasteiger partial charge in [0.1, 0.15) is 5.60 Å². The van der Waals surface area contributed by atoms with Crippen molar-refractivity contribution in [2.24, 2.45) is 0 Å². The van der Waals surface area contributed by atoms with Crippen LogP contribution in [0.25, 0.3) is 0 Å². The van der Waals surface area contributed by atoms with Gasteiger partial charge >= 0.3 is 18.4 Å². The molecule has 1 amide bonds. The zero-order valence-electron chi connectivity index (χ0n) is 23.1. The SMILES string of the molecule is Cc1cc2c(cc1C)N(C(=O)OC(C)(C)C)CCC[C@@H]2N(Cc1cc(C(F)(F)F)cc(C(F)(F)F)c1)c1nn[nH]n1. The number of hydrogen-bond acceptors (Lipinski definition) is 6. The fourth-order valence-electron chi connectivity index (χ4n) is 4.78.